The van der Waals surface area contributed by atoms with Crippen LogP contribution < -0.4 is 5.73 Å². The molecule has 1 amide bonds. The number of likely N-dealkylation sites (tertiary alicyclic amines) is 2. The molecule has 0 aromatic carbocycles. The number of nitrogens with two attached hydrogens (primary N) is 1. The molecule has 2 aliphatic heterocycles. The molecular weight excluding hydrogens is 394 g/mol. The van der Waals surface area contributed by atoms with Crippen molar-refractivity contribution in [2.45, 2.75) is 32.2 Å². The molecule has 4 heterocycles. The number of aromatic nitrogens is 3. The molecule has 0 bridgehead atoms. The fraction of sp³-hybridized carbons (Fsp3) is 0.500. The minimum absolute atomic E-state index is 0.0808. The van der Waals surface area contributed by atoms with Crippen LogP contribution in [0.15, 0.2) is 41.9 Å². The van der Waals surface area contributed by atoms with Crippen LogP contribution in [0.25, 0.3) is 0 Å². The van der Waals surface area contributed by atoms with Crippen LogP contribution in [0.1, 0.15) is 36.9 Å². The summed E-state index contributed by atoms with van der Waals surface area (Å²) >= 11 is 0. The number of amides is 1. The summed E-state index contributed by atoms with van der Waals surface area (Å²) in [6.07, 6.45) is 8.54. The van der Waals surface area contributed by atoms with Gasteiger partial charge in [0.05, 0.1) is 5.69 Å². The van der Waals surface area contributed by atoms with E-state index in [1.54, 1.807) is 18.6 Å². The molecule has 9 heteroatoms. The summed E-state index contributed by atoms with van der Waals surface area (Å²) in [6.45, 7) is 3.94. The molecule has 2 aliphatic rings. The molecule has 2 saturated heterocycles. The van der Waals surface area contributed by atoms with Crippen molar-refractivity contribution in [1.29, 1.82) is 0 Å². The number of rotatable bonds is 5. The van der Waals surface area contributed by atoms with Gasteiger partial charge >= 0.3 is 0 Å². The predicted molar refractivity (Wildman–Crippen MR) is 116 cm³/mol. The van der Waals surface area contributed by atoms with E-state index in [-0.39, 0.29) is 23.7 Å². The highest BCUT2D eigenvalue weighted by Gasteiger charge is 2.32. The molecule has 9 nitrogen and oxygen atoms in total. The van der Waals surface area contributed by atoms with E-state index in [0.717, 1.165) is 50.9 Å². The van der Waals surface area contributed by atoms with Crippen molar-refractivity contribution in [1.82, 2.24) is 24.8 Å². The zero-order valence-corrected chi connectivity index (χ0v) is 17.6. The summed E-state index contributed by atoms with van der Waals surface area (Å²) in [4.78, 5) is 29.8. The van der Waals surface area contributed by atoms with Gasteiger partial charge in [0, 0.05) is 55.6 Å². The first-order chi connectivity index (χ1) is 15.1. The smallest absolute Gasteiger partial charge is 0.225 e. The molecule has 0 unspecified atom stereocenters. The molecule has 0 saturated carbocycles. The van der Waals surface area contributed by atoms with Crippen LogP contribution in [0.3, 0.4) is 0 Å². The monoisotopic (exact) mass is 423 g/mol. The summed E-state index contributed by atoms with van der Waals surface area (Å²) in [7, 11) is 0. The molecule has 31 heavy (non-hydrogen) atoms. The van der Waals surface area contributed by atoms with E-state index in [9.17, 15) is 10.0 Å². The number of piperidine rings is 2. The maximum absolute atomic E-state index is 13.1. The fourth-order valence-electron chi connectivity index (χ4n) is 4.53. The lowest BCUT2D eigenvalue weighted by atomic mass is 9.88. The Morgan fingerprint density at radius 3 is 2.32 bits per heavy atom. The van der Waals surface area contributed by atoms with Gasteiger partial charge in [0.15, 0.2) is 0 Å². The SMILES string of the molecule is Nc1ncc(CN2CCC(C(=O)N3CCC(/C(=N\O)c4ccccn4)CC3)CC2)cn1. The quantitative estimate of drug-likeness (QED) is 0.427. The van der Waals surface area contributed by atoms with Crippen molar-refractivity contribution in [2.75, 3.05) is 31.9 Å². The Labute approximate surface area is 182 Å². The molecule has 4 rings (SSSR count). The first-order valence-corrected chi connectivity index (χ1v) is 10.8. The van der Waals surface area contributed by atoms with Gasteiger partial charge in [-0.2, -0.15) is 0 Å². The van der Waals surface area contributed by atoms with Crippen molar-refractivity contribution in [3.63, 3.8) is 0 Å². The van der Waals surface area contributed by atoms with E-state index >= 15 is 0 Å². The third-order valence-corrected chi connectivity index (χ3v) is 6.30. The molecule has 0 aliphatic carbocycles. The first-order valence-electron chi connectivity index (χ1n) is 10.8. The molecule has 3 N–H and O–H groups in total. The second-order valence-corrected chi connectivity index (χ2v) is 8.30. The van der Waals surface area contributed by atoms with Crippen molar-refractivity contribution >= 4 is 17.6 Å². The number of pyridine rings is 1. The van der Waals surface area contributed by atoms with Gasteiger partial charge in [0.2, 0.25) is 11.9 Å². The lowest BCUT2D eigenvalue weighted by Crippen LogP contribution is -2.46. The second kappa shape index (κ2) is 9.82. The topological polar surface area (TPSA) is 121 Å². The minimum atomic E-state index is 0.0808. The highest BCUT2D eigenvalue weighted by atomic mass is 16.4. The van der Waals surface area contributed by atoms with Crippen molar-refractivity contribution in [2.24, 2.45) is 17.0 Å². The maximum Gasteiger partial charge on any atom is 0.225 e. The van der Waals surface area contributed by atoms with E-state index in [1.165, 1.54) is 0 Å². The van der Waals surface area contributed by atoms with Crippen LogP contribution in [-0.4, -0.2) is 67.8 Å². The van der Waals surface area contributed by atoms with Gasteiger partial charge in [0.1, 0.15) is 5.71 Å². The molecule has 2 aromatic heterocycles. The van der Waals surface area contributed by atoms with E-state index in [1.807, 2.05) is 23.1 Å². The Morgan fingerprint density at radius 2 is 1.71 bits per heavy atom. The summed E-state index contributed by atoms with van der Waals surface area (Å²) in [5, 5.41) is 13.0. The summed E-state index contributed by atoms with van der Waals surface area (Å²) in [5.74, 6) is 0.744. The maximum atomic E-state index is 13.1. The van der Waals surface area contributed by atoms with E-state index in [4.69, 9.17) is 5.73 Å². The Kier molecular flexibility index (Phi) is 6.71. The van der Waals surface area contributed by atoms with Gasteiger partial charge in [-0.05, 0) is 50.9 Å². The molecule has 2 aromatic rings. The number of nitrogens with zero attached hydrogens (tertiary/aromatic N) is 6. The van der Waals surface area contributed by atoms with Gasteiger partial charge in [-0.1, -0.05) is 11.2 Å². The molecular formula is C22H29N7O2. The lowest BCUT2D eigenvalue weighted by molar-refractivity contribution is -0.138. The number of hydrogen-bond acceptors (Lipinski definition) is 8. The van der Waals surface area contributed by atoms with Crippen LogP contribution >= 0.6 is 0 Å². The normalized spacial score (nSPS) is 19.5. The summed E-state index contributed by atoms with van der Waals surface area (Å²) in [6, 6.07) is 5.59. The van der Waals surface area contributed by atoms with Crippen LogP contribution in [0.4, 0.5) is 5.95 Å². The highest BCUT2D eigenvalue weighted by Crippen LogP contribution is 2.26. The fourth-order valence-corrected chi connectivity index (χ4v) is 4.53. The van der Waals surface area contributed by atoms with Crippen LogP contribution in [0, 0.1) is 11.8 Å². The van der Waals surface area contributed by atoms with Crippen LogP contribution in [0.2, 0.25) is 0 Å². The number of hydrogen-bond donors (Lipinski definition) is 2. The number of nitrogen functional groups attached to an aromatic ring is 1. The Balaban J connectivity index is 1.25. The highest BCUT2D eigenvalue weighted by molar-refractivity contribution is 6.00. The minimum Gasteiger partial charge on any atom is -0.411 e. The molecule has 2 fully saturated rings. The molecule has 164 valence electrons. The Bertz CT molecular complexity index is 888. The van der Waals surface area contributed by atoms with Crippen molar-refractivity contribution in [3.05, 3.63) is 48.0 Å². The van der Waals surface area contributed by atoms with Crippen LogP contribution in [0.5, 0.6) is 0 Å². The van der Waals surface area contributed by atoms with Gasteiger partial charge < -0.3 is 15.8 Å². The van der Waals surface area contributed by atoms with E-state index in [0.29, 0.717) is 24.5 Å². The summed E-state index contributed by atoms with van der Waals surface area (Å²) in [5.41, 5.74) is 7.90. The standard InChI is InChI=1S/C22H29N7O2/c23-22-25-13-16(14-26-22)15-28-9-4-18(5-10-28)21(30)29-11-6-17(7-12-29)20(27-31)19-3-1-2-8-24-19/h1-3,8,13-14,17-18,31H,4-7,9-12,15H2,(H2,23,25,26)/b27-20+. The number of oxime groups is 1. The Morgan fingerprint density at radius 1 is 1.03 bits per heavy atom. The average Bonchev–Trinajstić information content (AvgIpc) is 2.82. The molecule has 0 spiro atoms. The number of carbonyl (C=O) groups is 1. The van der Waals surface area contributed by atoms with Gasteiger partial charge in [0.25, 0.3) is 0 Å². The average molecular weight is 424 g/mol. The van der Waals surface area contributed by atoms with Gasteiger partial charge in [-0.25, -0.2) is 9.97 Å². The third kappa shape index (κ3) is 5.16. The molecule has 0 atom stereocenters. The largest absolute Gasteiger partial charge is 0.411 e. The number of anilines is 1. The van der Waals surface area contributed by atoms with Crippen molar-refractivity contribution < 1.29 is 10.0 Å². The lowest BCUT2D eigenvalue weighted by Gasteiger charge is -2.37. The first kappa shape index (κ1) is 21.2. The van der Waals surface area contributed by atoms with E-state index < -0.39 is 0 Å². The number of carbonyl (C=O) groups excluding carboxylic acids is 1. The predicted octanol–water partition coefficient (Wildman–Crippen LogP) is 1.78. The van der Waals surface area contributed by atoms with Crippen LogP contribution in [-0.2, 0) is 11.3 Å². The van der Waals surface area contributed by atoms with E-state index in [2.05, 4.69) is 25.0 Å². The zero-order valence-electron chi connectivity index (χ0n) is 17.6. The van der Waals surface area contributed by atoms with Crippen molar-refractivity contribution in [3.8, 4) is 0 Å². The zero-order chi connectivity index (χ0) is 21.6. The second-order valence-electron chi connectivity index (χ2n) is 8.30. The third-order valence-electron chi connectivity index (χ3n) is 6.30. The summed E-state index contributed by atoms with van der Waals surface area (Å²) < 4.78 is 0. The van der Waals surface area contributed by atoms with Gasteiger partial charge in [-0.3, -0.25) is 14.7 Å². The molecule has 0 radical (unpaired) electrons. The Hall–Kier alpha value is -3.07. The van der Waals surface area contributed by atoms with Gasteiger partial charge in [-0.15, -0.1) is 0 Å².